The lowest BCUT2D eigenvalue weighted by atomic mass is 10.4. The van der Waals surface area contributed by atoms with Gasteiger partial charge < -0.3 is 15.2 Å². The van der Waals surface area contributed by atoms with E-state index in [2.05, 4.69) is 20.2 Å². The fraction of sp³-hybridized carbons (Fsp3) is 0.143. The lowest BCUT2D eigenvalue weighted by Gasteiger charge is -2.10. The monoisotopic (exact) mass is 240 g/mol. The van der Waals surface area contributed by atoms with Gasteiger partial charge in [-0.25, -0.2) is 4.79 Å². The maximum absolute atomic E-state index is 12.5. The summed E-state index contributed by atoms with van der Waals surface area (Å²) in [5, 5.41) is 0. The molecule has 1 amide bonds. The number of hydrogen-bond donors (Lipinski definition) is 1. The Morgan fingerprint density at radius 3 is 2.50 bits per heavy atom. The number of ether oxygens (including phenoxy) is 2. The fourth-order valence-corrected chi connectivity index (χ4v) is 0.774. The third kappa shape index (κ3) is 3.59. The predicted octanol–water partition coefficient (Wildman–Crippen LogP) is 1.58. The van der Waals surface area contributed by atoms with Crippen LogP contribution in [0.4, 0.5) is 22.4 Å². The van der Waals surface area contributed by atoms with E-state index in [0.29, 0.717) is 6.07 Å². The smallest absolute Gasteiger partial charge is 0.405 e. The summed E-state index contributed by atoms with van der Waals surface area (Å²) < 4.78 is 55.5. The van der Waals surface area contributed by atoms with Gasteiger partial charge in [-0.3, -0.25) is 0 Å². The number of rotatable bonds is 2. The first kappa shape index (κ1) is 12.0. The molecule has 0 spiro atoms. The summed E-state index contributed by atoms with van der Waals surface area (Å²) in [4.78, 5) is 13.1. The van der Waals surface area contributed by atoms with Gasteiger partial charge in [0.25, 0.3) is 5.88 Å². The van der Waals surface area contributed by atoms with E-state index in [1.54, 1.807) is 0 Å². The number of alkyl halides is 3. The van der Waals surface area contributed by atoms with Gasteiger partial charge in [-0.2, -0.15) is 9.37 Å². The highest BCUT2D eigenvalue weighted by Gasteiger charge is 2.33. The van der Waals surface area contributed by atoms with Crippen LogP contribution in [0.3, 0.4) is 0 Å². The average Bonchev–Trinajstić information content (AvgIpc) is 2.06. The van der Waals surface area contributed by atoms with E-state index < -0.39 is 30.0 Å². The molecule has 88 valence electrons. The highest BCUT2D eigenvalue weighted by Crippen LogP contribution is 2.30. The second kappa shape index (κ2) is 4.21. The normalized spacial score (nSPS) is 11.0. The number of halogens is 4. The lowest BCUT2D eigenvalue weighted by molar-refractivity contribution is -0.276. The molecule has 1 aromatic heterocycles. The van der Waals surface area contributed by atoms with Crippen molar-refractivity contribution in [2.24, 2.45) is 5.73 Å². The van der Waals surface area contributed by atoms with Crippen molar-refractivity contribution in [1.82, 2.24) is 4.98 Å². The zero-order chi connectivity index (χ0) is 12.3. The third-order valence-corrected chi connectivity index (χ3v) is 1.21. The highest BCUT2D eigenvalue weighted by molar-refractivity contribution is 5.68. The van der Waals surface area contributed by atoms with Crippen molar-refractivity contribution in [3.63, 3.8) is 0 Å². The number of primary amides is 1. The second-order valence-corrected chi connectivity index (χ2v) is 2.41. The molecular weight excluding hydrogens is 236 g/mol. The Morgan fingerprint density at radius 2 is 2.00 bits per heavy atom. The summed E-state index contributed by atoms with van der Waals surface area (Å²) in [6.07, 6.45) is -6.46. The minimum Gasteiger partial charge on any atom is -0.405 e. The SMILES string of the molecule is NC(=O)Oc1ccc(F)nc1OC(F)(F)F. The van der Waals surface area contributed by atoms with Crippen molar-refractivity contribution in [3.05, 3.63) is 18.1 Å². The van der Waals surface area contributed by atoms with E-state index in [9.17, 15) is 22.4 Å². The van der Waals surface area contributed by atoms with Crippen LogP contribution in [0, 0.1) is 5.95 Å². The Morgan fingerprint density at radius 1 is 1.38 bits per heavy atom. The fourth-order valence-electron chi connectivity index (χ4n) is 0.774. The zero-order valence-electron chi connectivity index (χ0n) is 7.42. The van der Waals surface area contributed by atoms with Crippen molar-refractivity contribution in [2.45, 2.75) is 6.36 Å². The number of pyridine rings is 1. The third-order valence-electron chi connectivity index (χ3n) is 1.21. The predicted molar refractivity (Wildman–Crippen MR) is 41.1 cm³/mol. The number of carbonyl (C=O) groups excluding carboxylic acids is 1. The van der Waals surface area contributed by atoms with Crippen LogP contribution in [-0.2, 0) is 0 Å². The number of carbonyl (C=O) groups is 1. The second-order valence-electron chi connectivity index (χ2n) is 2.41. The molecule has 0 aliphatic heterocycles. The molecule has 5 nitrogen and oxygen atoms in total. The maximum atomic E-state index is 12.5. The van der Waals surface area contributed by atoms with Crippen LogP contribution in [0.2, 0.25) is 0 Å². The molecule has 0 aromatic carbocycles. The van der Waals surface area contributed by atoms with Gasteiger partial charge in [0.15, 0.2) is 5.75 Å². The Kier molecular flexibility index (Phi) is 3.16. The molecule has 0 unspecified atom stereocenters. The number of hydrogen-bond acceptors (Lipinski definition) is 4. The van der Waals surface area contributed by atoms with Crippen LogP contribution < -0.4 is 15.2 Å². The molecule has 0 fully saturated rings. The number of nitrogens with two attached hydrogens (primary N) is 1. The molecule has 2 N–H and O–H groups in total. The maximum Gasteiger partial charge on any atom is 0.574 e. The first-order chi connectivity index (χ1) is 7.28. The van der Waals surface area contributed by atoms with Gasteiger partial charge in [0.2, 0.25) is 5.95 Å². The van der Waals surface area contributed by atoms with E-state index in [4.69, 9.17) is 0 Å². The molecule has 0 atom stereocenters. The molecule has 16 heavy (non-hydrogen) atoms. The lowest BCUT2D eigenvalue weighted by Crippen LogP contribution is -2.21. The van der Waals surface area contributed by atoms with Gasteiger partial charge in [0, 0.05) is 0 Å². The number of amides is 1. The Hall–Kier alpha value is -2.06. The van der Waals surface area contributed by atoms with Gasteiger partial charge >= 0.3 is 12.5 Å². The first-order valence-corrected chi connectivity index (χ1v) is 3.67. The van der Waals surface area contributed by atoms with E-state index in [0.717, 1.165) is 6.07 Å². The standard InChI is InChI=1S/C7H4F4N2O3/c8-4-2-1-3(15-6(12)14)5(13-4)16-7(9,10)11/h1-2H,(H2,12,14). The van der Waals surface area contributed by atoms with E-state index >= 15 is 0 Å². The van der Waals surface area contributed by atoms with Crippen LogP contribution >= 0.6 is 0 Å². The van der Waals surface area contributed by atoms with Crippen molar-refractivity contribution in [3.8, 4) is 11.6 Å². The summed E-state index contributed by atoms with van der Waals surface area (Å²) in [6, 6.07) is 1.41. The van der Waals surface area contributed by atoms with Crippen LogP contribution in [0.15, 0.2) is 12.1 Å². The number of nitrogens with zero attached hydrogens (tertiary/aromatic N) is 1. The van der Waals surface area contributed by atoms with Gasteiger partial charge in [-0.15, -0.1) is 13.2 Å². The molecule has 0 saturated carbocycles. The van der Waals surface area contributed by atoms with Crippen molar-refractivity contribution in [1.29, 1.82) is 0 Å². The summed E-state index contributed by atoms with van der Waals surface area (Å²) in [6.45, 7) is 0. The molecule has 0 bridgehead atoms. The van der Waals surface area contributed by atoms with Crippen LogP contribution in [0.25, 0.3) is 0 Å². The van der Waals surface area contributed by atoms with Crippen LogP contribution in [0.5, 0.6) is 11.6 Å². The summed E-state index contributed by atoms with van der Waals surface area (Å²) >= 11 is 0. The van der Waals surface area contributed by atoms with Gasteiger partial charge in [-0.1, -0.05) is 0 Å². The molecule has 1 heterocycles. The van der Waals surface area contributed by atoms with E-state index in [-0.39, 0.29) is 0 Å². The van der Waals surface area contributed by atoms with Gasteiger partial charge in [0.1, 0.15) is 0 Å². The topological polar surface area (TPSA) is 74.4 Å². The zero-order valence-corrected chi connectivity index (χ0v) is 7.42. The molecular formula is C7H4F4N2O3. The average molecular weight is 240 g/mol. The molecule has 1 rings (SSSR count). The summed E-state index contributed by atoms with van der Waals surface area (Å²) in [5.41, 5.74) is 4.58. The molecule has 9 heteroatoms. The molecule has 0 radical (unpaired) electrons. The Labute approximate surface area is 85.8 Å². The minimum absolute atomic E-state index is 0.682. The Balaban J connectivity index is 3.03. The molecule has 0 aliphatic rings. The van der Waals surface area contributed by atoms with Gasteiger partial charge in [-0.05, 0) is 12.1 Å². The largest absolute Gasteiger partial charge is 0.574 e. The van der Waals surface area contributed by atoms with E-state index in [1.165, 1.54) is 0 Å². The Bertz CT molecular complexity index is 407. The van der Waals surface area contributed by atoms with Gasteiger partial charge in [0.05, 0.1) is 0 Å². The summed E-state index contributed by atoms with van der Waals surface area (Å²) in [7, 11) is 0. The van der Waals surface area contributed by atoms with Crippen molar-refractivity contribution >= 4 is 6.09 Å². The number of aromatic nitrogens is 1. The minimum atomic E-state index is -5.09. The summed E-state index contributed by atoms with van der Waals surface area (Å²) in [5.74, 6) is -3.19. The molecule has 0 aliphatic carbocycles. The van der Waals surface area contributed by atoms with Crippen molar-refractivity contribution in [2.75, 3.05) is 0 Å². The van der Waals surface area contributed by atoms with Crippen LogP contribution in [0.1, 0.15) is 0 Å². The molecule has 0 saturated heterocycles. The highest BCUT2D eigenvalue weighted by atomic mass is 19.4. The molecule has 1 aromatic rings. The van der Waals surface area contributed by atoms with Crippen LogP contribution in [-0.4, -0.2) is 17.4 Å². The first-order valence-electron chi connectivity index (χ1n) is 3.67. The quantitative estimate of drug-likeness (QED) is 0.629. The van der Waals surface area contributed by atoms with E-state index in [1.807, 2.05) is 0 Å². The van der Waals surface area contributed by atoms with Crippen molar-refractivity contribution < 1.29 is 31.8 Å².